The first-order chi connectivity index (χ1) is 13.9. The van der Waals surface area contributed by atoms with E-state index in [4.69, 9.17) is 4.74 Å². The van der Waals surface area contributed by atoms with Crippen LogP contribution < -0.4 is 5.32 Å². The minimum Gasteiger partial charge on any atom is -0.376 e. The van der Waals surface area contributed by atoms with Gasteiger partial charge in [-0.3, -0.25) is 4.79 Å². The Kier molecular flexibility index (Phi) is 5.72. The predicted molar refractivity (Wildman–Crippen MR) is 110 cm³/mol. The molecular formula is C22H26N2O4S. The number of hydrogen-bond acceptors (Lipinski definition) is 4. The third-order valence-corrected chi connectivity index (χ3v) is 7.53. The number of benzene rings is 2. The highest BCUT2D eigenvalue weighted by Gasteiger charge is 2.39. The van der Waals surface area contributed by atoms with Crippen molar-refractivity contribution in [3.05, 3.63) is 65.2 Å². The van der Waals surface area contributed by atoms with Crippen LogP contribution in [-0.4, -0.2) is 43.9 Å². The molecule has 2 aliphatic heterocycles. The molecule has 154 valence electrons. The molecule has 0 bridgehead atoms. The van der Waals surface area contributed by atoms with E-state index < -0.39 is 16.1 Å². The molecule has 1 N–H and O–H groups in total. The molecule has 7 heteroatoms. The third kappa shape index (κ3) is 4.22. The lowest BCUT2D eigenvalue weighted by molar-refractivity contribution is -0.125. The van der Waals surface area contributed by atoms with Gasteiger partial charge in [-0.15, -0.1) is 0 Å². The van der Waals surface area contributed by atoms with Crippen molar-refractivity contribution in [2.24, 2.45) is 0 Å². The molecule has 0 aromatic heterocycles. The number of rotatable bonds is 5. The quantitative estimate of drug-likeness (QED) is 0.815. The maximum atomic E-state index is 13.4. The van der Waals surface area contributed by atoms with Gasteiger partial charge in [0.15, 0.2) is 0 Å². The van der Waals surface area contributed by atoms with Crippen molar-refractivity contribution in [3.8, 4) is 0 Å². The van der Waals surface area contributed by atoms with E-state index in [2.05, 4.69) is 5.32 Å². The molecule has 1 saturated heterocycles. The van der Waals surface area contributed by atoms with Crippen molar-refractivity contribution in [2.75, 3.05) is 13.2 Å². The number of nitrogens with one attached hydrogen (secondary N) is 1. The van der Waals surface area contributed by atoms with Gasteiger partial charge in [0, 0.05) is 19.7 Å². The monoisotopic (exact) mass is 414 g/mol. The van der Waals surface area contributed by atoms with E-state index in [0.717, 1.165) is 29.5 Å². The van der Waals surface area contributed by atoms with Gasteiger partial charge >= 0.3 is 0 Å². The second-order valence-corrected chi connectivity index (χ2v) is 9.62. The summed E-state index contributed by atoms with van der Waals surface area (Å²) in [6, 6.07) is 13.7. The zero-order valence-corrected chi connectivity index (χ0v) is 17.3. The molecule has 0 saturated carbocycles. The molecule has 2 aliphatic rings. The van der Waals surface area contributed by atoms with Gasteiger partial charge in [0.25, 0.3) is 0 Å². The van der Waals surface area contributed by atoms with Crippen LogP contribution in [0, 0.1) is 6.92 Å². The highest BCUT2D eigenvalue weighted by molar-refractivity contribution is 7.89. The van der Waals surface area contributed by atoms with Crippen molar-refractivity contribution >= 4 is 15.9 Å². The molecule has 2 heterocycles. The van der Waals surface area contributed by atoms with Crippen molar-refractivity contribution in [1.29, 1.82) is 0 Å². The van der Waals surface area contributed by atoms with Crippen LogP contribution in [0.2, 0.25) is 0 Å². The number of fused-ring (bicyclic) bond motifs is 1. The highest BCUT2D eigenvalue weighted by atomic mass is 32.2. The number of hydrogen-bond donors (Lipinski definition) is 1. The first-order valence-electron chi connectivity index (χ1n) is 10.00. The summed E-state index contributed by atoms with van der Waals surface area (Å²) in [6.07, 6.45) is 2.28. The lowest BCUT2D eigenvalue weighted by atomic mass is 9.95. The Morgan fingerprint density at radius 3 is 2.55 bits per heavy atom. The molecule has 0 aliphatic carbocycles. The maximum Gasteiger partial charge on any atom is 0.244 e. The summed E-state index contributed by atoms with van der Waals surface area (Å²) in [5.41, 5.74) is 2.94. The van der Waals surface area contributed by atoms with Crippen molar-refractivity contribution in [3.63, 3.8) is 0 Å². The Morgan fingerprint density at radius 1 is 1.14 bits per heavy atom. The van der Waals surface area contributed by atoms with Gasteiger partial charge in [0.05, 0.1) is 11.0 Å². The molecule has 6 nitrogen and oxygen atoms in total. The number of nitrogens with zero attached hydrogens (tertiary/aromatic N) is 1. The fourth-order valence-electron chi connectivity index (χ4n) is 3.96. The number of carbonyl (C=O) groups is 1. The Morgan fingerprint density at radius 2 is 1.86 bits per heavy atom. The second kappa shape index (κ2) is 8.26. The van der Waals surface area contributed by atoms with Crippen LogP contribution >= 0.6 is 0 Å². The van der Waals surface area contributed by atoms with Crippen LogP contribution in [0.1, 0.15) is 29.5 Å². The fourth-order valence-corrected chi connectivity index (χ4v) is 5.52. The molecule has 1 fully saturated rings. The smallest absolute Gasteiger partial charge is 0.244 e. The number of ether oxygens (including phenoxy) is 1. The van der Waals surface area contributed by atoms with E-state index in [-0.39, 0.29) is 23.5 Å². The third-order valence-electron chi connectivity index (χ3n) is 5.66. The Labute approximate surface area is 171 Å². The van der Waals surface area contributed by atoms with Gasteiger partial charge < -0.3 is 10.1 Å². The van der Waals surface area contributed by atoms with E-state index in [1.165, 1.54) is 4.31 Å². The van der Waals surface area contributed by atoms with E-state index in [1.54, 1.807) is 24.3 Å². The predicted octanol–water partition coefficient (Wildman–Crippen LogP) is 2.41. The molecule has 0 radical (unpaired) electrons. The molecule has 1 amide bonds. The summed E-state index contributed by atoms with van der Waals surface area (Å²) in [7, 11) is -3.81. The Bertz CT molecular complexity index is 982. The standard InChI is InChI=1S/C22H26N2O4S/c1-16-8-10-20(11-9-16)29(26,27)24-15-18-6-3-2-5-17(18)13-21(24)22(25)23-14-19-7-4-12-28-19/h2-3,5-6,8-11,19,21H,4,7,12-15H2,1H3,(H,23,25). The Hall–Kier alpha value is -2.22. The maximum absolute atomic E-state index is 13.4. The average Bonchev–Trinajstić information content (AvgIpc) is 3.25. The number of amides is 1. The van der Waals surface area contributed by atoms with E-state index in [9.17, 15) is 13.2 Å². The van der Waals surface area contributed by atoms with Gasteiger partial charge in [0.2, 0.25) is 15.9 Å². The summed E-state index contributed by atoms with van der Waals surface area (Å²) in [5, 5.41) is 2.92. The second-order valence-electron chi connectivity index (χ2n) is 7.73. The first kappa shape index (κ1) is 20.1. The number of aryl methyl sites for hydroxylation is 1. The number of sulfonamides is 1. The van der Waals surface area contributed by atoms with Crippen LogP contribution in [0.3, 0.4) is 0 Å². The molecule has 4 rings (SSSR count). The van der Waals surface area contributed by atoms with Crippen LogP contribution in [0.25, 0.3) is 0 Å². The largest absolute Gasteiger partial charge is 0.376 e. The summed E-state index contributed by atoms with van der Waals surface area (Å²) in [6.45, 7) is 3.22. The molecule has 29 heavy (non-hydrogen) atoms. The molecule has 2 atom stereocenters. The zero-order chi connectivity index (χ0) is 20.4. The van der Waals surface area contributed by atoms with E-state index in [1.807, 2.05) is 31.2 Å². The summed E-state index contributed by atoms with van der Waals surface area (Å²) in [5.74, 6) is -0.273. The van der Waals surface area contributed by atoms with Gasteiger partial charge in [0.1, 0.15) is 6.04 Å². The normalized spacial score (nSPS) is 22.2. The highest BCUT2D eigenvalue weighted by Crippen LogP contribution is 2.29. The van der Waals surface area contributed by atoms with Gasteiger partial charge in [-0.2, -0.15) is 4.31 Å². The molecule has 2 aromatic rings. The van der Waals surface area contributed by atoms with Gasteiger partial charge in [-0.25, -0.2) is 8.42 Å². The molecule has 0 spiro atoms. The van der Waals surface area contributed by atoms with Crippen molar-refractivity contribution < 1.29 is 17.9 Å². The van der Waals surface area contributed by atoms with Gasteiger partial charge in [-0.1, -0.05) is 42.0 Å². The zero-order valence-electron chi connectivity index (χ0n) is 16.5. The first-order valence-corrected chi connectivity index (χ1v) is 11.4. The molecule has 2 unspecified atom stereocenters. The lowest BCUT2D eigenvalue weighted by Gasteiger charge is -2.35. The topological polar surface area (TPSA) is 75.7 Å². The van der Waals surface area contributed by atoms with Crippen molar-refractivity contribution in [1.82, 2.24) is 9.62 Å². The van der Waals surface area contributed by atoms with E-state index >= 15 is 0 Å². The minimum atomic E-state index is -3.81. The lowest BCUT2D eigenvalue weighted by Crippen LogP contribution is -2.53. The molecular weight excluding hydrogens is 388 g/mol. The van der Waals surface area contributed by atoms with Crippen LogP contribution in [0.4, 0.5) is 0 Å². The molecule has 2 aromatic carbocycles. The summed E-state index contributed by atoms with van der Waals surface area (Å²) in [4.78, 5) is 13.2. The van der Waals surface area contributed by atoms with E-state index in [0.29, 0.717) is 19.6 Å². The number of carbonyl (C=O) groups excluding carboxylic acids is 1. The van der Waals surface area contributed by atoms with Crippen molar-refractivity contribution in [2.45, 2.75) is 49.8 Å². The SMILES string of the molecule is Cc1ccc(S(=O)(=O)N2Cc3ccccc3CC2C(=O)NCC2CCCO2)cc1. The minimum absolute atomic E-state index is 0.0111. The summed E-state index contributed by atoms with van der Waals surface area (Å²) >= 11 is 0. The van der Waals surface area contributed by atoms with Crippen LogP contribution in [-0.2, 0) is 32.5 Å². The van der Waals surface area contributed by atoms with Crippen LogP contribution in [0.15, 0.2) is 53.4 Å². The summed E-state index contributed by atoms with van der Waals surface area (Å²) < 4.78 is 33.7. The van der Waals surface area contributed by atoms with Gasteiger partial charge in [-0.05, 0) is 49.4 Å². The van der Waals surface area contributed by atoms with Crippen LogP contribution in [0.5, 0.6) is 0 Å². The average molecular weight is 415 g/mol. The Balaban J connectivity index is 1.62. The fraction of sp³-hybridized carbons (Fsp3) is 0.409.